The van der Waals surface area contributed by atoms with Gasteiger partial charge in [0.15, 0.2) is 0 Å². The first-order valence-corrected chi connectivity index (χ1v) is 7.60. The molecule has 0 heterocycles. The van der Waals surface area contributed by atoms with E-state index in [9.17, 15) is 14.3 Å². The number of hydrogen-bond donors (Lipinski definition) is 3. The molecule has 0 aromatic heterocycles. The van der Waals surface area contributed by atoms with Crippen LogP contribution in [-0.4, -0.2) is 27.9 Å². The summed E-state index contributed by atoms with van der Waals surface area (Å²) < 4.78 is 11.7. The Morgan fingerprint density at radius 2 is 2.00 bits per heavy atom. The van der Waals surface area contributed by atoms with Crippen LogP contribution in [0.1, 0.15) is 45.4 Å². The Hall–Kier alpha value is -0.380. The van der Waals surface area contributed by atoms with Crippen LogP contribution in [0.15, 0.2) is 0 Å². The van der Waals surface area contributed by atoms with Crippen molar-refractivity contribution in [3.05, 3.63) is 0 Å². The second-order valence-corrected chi connectivity index (χ2v) is 6.66. The summed E-state index contributed by atoms with van der Waals surface area (Å²) in [6.07, 6.45) is 3.84. The number of rotatable bonds is 9. The van der Waals surface area contributed by atoms with E-state index in [1.807, 2.05) is 0 Å². The highest BCUT2D eigenvalue weighted by Gasteiger charge is 2.27. The monoisotopic (exact) mass is 251 g/mol. The van der Waals surface area contributed by atoms with Crippen molar-refractivity contribution in [2.45, 2.75) is 51.2 Å². The number of hydrogen-bond acceptors (Lipinski definition) is 3. The summed E-state index contributed by atoms with van der Waals surface area (Å²) in [5.41, 5.74) is 5.54. The van der Waals surface area contributed by atoms with Gasteiger partial charge in [0, 0.05) is 12.6 Å². The number of carboxylic acids is 1. The molecule has 0 aliphatic heterocycles. The number of nitrogens with two attached hydrogens (primary N) is 1. The van der Waals surface area contributed by atoms with Crippen LogP contribution in [-0.2, 0) is 9.36 Å². The molecule has 16 heavy (non-hydrogen) atoms. The Morgan fingerprint density at radius 3 is 2.50 bits per heavy atom. The molecular weight excluding hydrogens is 229 g/mol. The molecule has 2 unspecified atom stereocenters. The van der Waals surface area contributed by atoms with Crippen LogP contribution >= 0.6 is 7.37 Å². The van der Waals surface area contributed by atoms with Gasteiger partial charge in [-0.2, -0.15) is 0 Å². The average molecular weight is 251 g/mol. The number of aliphatic carboxylic acids is 1. The fraction of sp³-hybridized carbons (Fsp3) is 0.900. The topological polar surface area (TPSA) is 101 Å². The Morgan fingerprint density at radius 1 is 1.38 bits per heavy atom. The summed E-state index contributed by atoms with van der Waals surface area (Å²) in [6, 6.07) is 0. The van der Waals surface area contributed by atoms with Crippen molar-refractivity contribution in [3.8, 4) is 0 Å². The highest BCUT2D eigenvalue weighted by Crippen LogP contribution is 2.46. The van der Waals surface area contributed by atoms with Gasteiger partial charge in [0.05, 0.1) is 5.78 Å². The van der Waals surface area contributed by atoms with Crippen LogP contribution in [0.25, 0.3) is 0 Å². The summed E-state index contributed by atoms with van der Waals surface area (Å²) >= 11 is 0. The lowest BCUT2D eigenvalue weighted by Gasteiger charge is -2.18. The smallest absolute Gasteiger partial charge is 0.303 e. The van der Waals surface area contributed by atoms with E-state index >= 15 is 0 Å². The summed E-state index contributed by atoms with van der Waals surface area (Å²) in [7, 11) is -3.37. The highest BCUT2D eigenvalue weighted by atomic mass is 31.2. The minimum absolute atomic E-state index is 0.0664. The minimum atomic E-state index is -3.37. The minimum Gasteiger partial charge on any atom is -0.481 e. The van der Waals surface area contributed by atoms with Crippen LogP contribution in [0.5, 0.6) is 0 Å². The molecule has 0 aliphatic carbocycles. The molecule has 4 N–H and O–H groups in total. The van der Waals surface area contributed by atoms with Gasteiger partial charge in [-0.05, 0) is 12.8 Å². The Bertz CT molecular complexity index is 257. The molecular formula is C10H22NO4P. The fourth-order valence-corrected chi connectivity index (χ4v) is 2.94. The first kappa shape index (κ1) is 15.6. The van der Waals surface area contributed by atoms with Gasteiger partial charge in [-0.3, -0.25) is 9.36 Å². The normalized spacial score (nSPS) is 16.7. The van der Waals surface area contributed by atoms with Gasteiger partial charge in [0.25, 0.3) is 0 Å². The lowest BCUT2D eigenvalue weighted by atomic mass is 10.2. The maximum atomic E-state index is 11.7. The Kier molecular flexibility index (Phi) is 7.64. The molecule has 0 aromatic carbocycles. The molecule has 0 aliphatic rings. The number of carboxylic acid groups (broad SMARTS) is 1. The first-order chi connectivity index (χ1) is 7.40. The third kappa shape index (κ3) is 6.99. The SMILES string of the molecule is CCCCCCP(=O)(O)C(N)CCC(=O)O. The maximum Gasteiger partial charge on any atom is 0.303 e. The maximum absolute atomic E-state index is 11.7. The molecule has 0 fully saturated rings. The van der Waals surface area contributed by atoms with E-state index in [2.05, 4.69) is 6.92 Å². The quantitative estimate of drug-likeness (QED) is 0.429. The third-order valence-corrected chi connectivity index (χ3v) is 4.76. The molecule has 0 saturated carbocycles. The number of carbonyl (C=O) groups is 1. The van der Waals surface area contributed by atoms with Gasteiger partial charge < -0.3 is 15.7 Å². The zero-order chi connectivity index (χ0) is 12.6. The van der Waals surface area contributed by atoms with Crippen LogP contribution in [0.2, 0.25) is 0 Å². The zero-order valence-corrected chi connectivity index (χ0v) is 10.7. The lowest BCUT2D eigenvalue weighted by molar-refractivity contribution is -0.137. The summed E-state index contributed by atoms with van der Waals surface area (Å²) in [4.78, 5) is 19.9. The Labute approximate surface area is 96.5 Å². The van der Waals surface area contributed by atoms with Gasteiger partial charge in [-0.1, -0.05) is 26.2 Å². The molecule has 5 nitrogen and oxygen atoms in total. The molecule has 0 radical (unpaired) electrons. The number of unbranched alkanes of at least 4 members (excludes halogenated alkanes) is 3. The molecule has 6 heteroatoms. The van der Waals surface area contributed by atoms with E-state index in [4.69, 9.17) is 10.8 Å². The van der Waals surface area contributed by atoms with Gasteiger partial charge in [-0.25, -0.2) is 0 Å². The summed E-state index contributed by atoms with van der Waals surface area (Å²) in [5, 5.41) is 8.45. The van der Waals surface area contributed by atoms with E-state index in [1.165, 1.54) is 0 Å². The zero-order valence-electron chi connectivity index (χ0n) is 9.76. The summed E-state index contributed by atoms with van der Waals surface area (Å²) in [5.74, 6) is -1.88. The Balaban J connectivity index is 3.90. The van der Waals surface area contributed by atoms with Crippen molar-refractivity contribution in [1.82, 2.24) is 0 Å². The van der Waals surface area contributed by atoms with Gasteiger partial charge in [0.1, 0.15) is 0 Å². The van der Waals surface area contributed by atoms with Gasteiger partial charge in [-0.15, -0.1) is 0 Å². The first-order valence-electron chi connectivity index (χ1n) is 5.69. The predicted molar refractivity (Wildman–Crippen MR) is 63.7 cm³/mol. The molecule has 96 valence electrons. The van der Waals surface area contributed by atoms with Crippen LogP contribution in [0, 0.1) is 0 Å². The molecule has 0 rings (SSSR count). The molecule has 0 amide bonds. The molecule has 2 atom stereocenters. The van der Waals surface area contributed by atoms with Crippen molar-refractivity contribution in [1.29, 1.82) is 0 Å². The van der Waals surface area contributed by atoms with Crippen molar-refractivity contribution < 1.29 is 19.4 Å². The van der Waals surface area contributed by atoms with E-state index < -0.39 is 19.1 Å². The second-order valence-electron chi connectivity index (χ2n) is 4.04. The fourth-order valence-electron chi connectivity index (χ4n) is 1.40. The second kappa shape index (κ2) is 7.82. The van der Waals surface area contributed by atoms with Crippen molar-refractivity contribution >= 4 is 13.3 Å². The van der Waals surface area contributed by atoms with Gasteiger partial charge in [0.2, 0.25) is 7.37 Å². The molecule has 0 bridgehead atoms. The van der Waals surface area contributed by atoms with E-state index in [0.717, 1.165) is 19.3 Å². The van der Waals surface area contributed by atoms with Crippen LogP contribution < -0.4 is 5.73 Å². The van der Waals surface area contributed by atoms with E-state index in [0.29, 0.717) is 6.42 Å². The van der Waals surface area contributed by atoms with E-state index in [-0.39, 0.29) is 19.0 Å². The predicted octanol–water partition coefficient (Wildman–Crippen LogP) is 1.99. The van der Waals surface area contributed by atoms with Crippen molar-refractivity contribution in [3.63, 3.8) is 0 Å². The average Bonchev–Trinajstić information content (AvgIpc) is 2.20. The third-order valence-electron chi connectivity index (χ3n) is 2.50. The lowest BCUT2D eigenvalue weighted by Crippen LogP contribution is -2.22. The van der Waals surface area contributed by atoms with Crippen molar-refractivity contribution in [2.24, 2.45) is 5.73 Å². The molecule has 0 aromatic rings. The standard InChI is InChI=1S/C10H22NO4P/c1-2-3-4-5-8-16(14,15)9(11)6-7-10(12)13/h9H,2-8,11H2,1H3,(H,12,13)(H,14,15). The molecule has 0 saturated heterocycles. The summed E-state index contributed by atoms with van der Waals surface area (Å²) in [6.45, 7) is 2.07. The highest BCUT2D eigenvalue weighted by molar-refractivity contribution is 7.58. The van der Waals surface area contributed by atoms with Crippen molar-refractivity contribution in [2.75, 3.05) is 6.16 Å². The largest absolute Gasteiger partial charge is 0.481 e. The van der Waals surface area contributed by atoms with E-state index in [1.54, 1.807) is 0 Å². The van der Waals surface area contributed by atoms with Crippen LogP contribution in [0.4, 0.5) is 0 Å². The van der Waals surface area contributed by atoms with Gasteiger partial charge >= 0.3 is 5.97 Å². The van der Waals surface area contributed by atoms with Crippen LogP contribution in [0.3, 0.4) is 0 Å². The molecule has 0 spiro atoms.